The van der Waals surface area contributed by atoms with Crippen molar-refractivity contribution in [3.05, 3.63) is 24.0 Å². The molecule has 0 unspecified atom stereocenters. The van der Waals surface area contributed by atoms with Crippen molar-refractivity contribution in [3.63, 3.8) is 0 Å². The van der Waals surface area contributed by atoms with E-state index in [9.17, 15) is 18.4 Å². The number of anilines is 1. The van der Waals surface area contributed by atoms with E-state index in [1.54, 1.807) is 0 Å². The van der Waals surface area contributed by atoms with Crippen LogP contribution in [0.3, 0.4) is 0 Å². The number of pyridine rings is 1. The maximum atomic E-state index is 11.7. The topological polar surface area (TPSA) is 101 Å². The van der Waals surface area contributed by atoms with Gasteiger partial charge in [0.15, 0.2) is 0 Å². The third-order valence-corrected chi connectivity index (χ3v) is 2.02. The van der Waals surface area contributed by atoms with Gasteiger partial charge in [-0.05, 0) is 6.07 Å². The summed E-state index contributed by atoms with van der Waals surface area (Å²) in [6.45, 7) is -0.691. The highest BCUT2D eigenvalue weighted by Gasteiger charge is 2.07. The molecule has 0 spiro atoms. The van der Waals surface area contributed by atoms with Crippen LogP contribution >= 0.6 is 0 Å². The van der Waals surface area contributed by atoms with E-state index in [1.165, 1.54) is 12.3 Å². The maximum Gasteiger partial charge on any atom is 0.337 e. The Bertz CT molecular complexity index is 471. The van der Waals surface area contributed by atoms with Gasteiger partial charge >= 0.3 is 12.0 Å². The summed E-state index contributed by atoms with van der Waals surface area (Å²) in [5.74, 6) is -1.16. The number of hydrogen-bond donors (Lipinski definition) is 3. The molecule has 0 saturated heterocycles. The van der Waals surface area contributed by atoms with Crippen LogP contribution in [-0.4, -0.2) is 48.3 Å². The molecule has 0 aliphatic heterocycles. The zero-order valence-corrected chi connectivity index (χ0v) is 10.3. The highest BCUT2D eigenvalue weighted by molar-refractivity contribution is 5.92. The summed E-state index contributed by atoms with van der Waals surface area (Å²) in [5, 5.41) is 13.5. The molecule has 20 heavy (non-hydrogen) atoms. The molecule has 0 saturated carbocycles. The van der Waals surface area contributed by atoms with E-state index in [2.05, 4.69) is 20.4 Å². The Morgan fingerprint density at radius 1 is 1.40 bits per heavy atom. The molecule has 0 aliphatic rings. The summed E-state index contributed by atoms with van der Waals surface area (Å²) in [6.07, 6.45) is -0.128. The number of carboxylic acids is 1. The molecule has 0 aliphatic carbocycles. The van der Waals surface area contributed by atoms with Gasteiger partial charge in [0, 0.05) is 12.7 Å². The van der Waals surface area contributed by atoms with Gasteiger partial charge in [-0.1, -0.05) is 0 Å². The molecule has 0 aromatic carbocycles. The van der Waals surface area contributed by atoms with Crippen molar-refractivity contribution in [3.8, 4) is 0 Å². The SMILES string of the molecule is O=C(NCCOCC(F)F)Nc1cncc(C(=O)O)c1. The number of aromatic carboxylic acids is 1. The lowest BCUT2D eigenvalue weighted by Gasteiger charge is -2.08. The standard InChI is InChI=1S/C11H13F2N3O4/c12-9(13)6-20-2-1-15-11(19)16-8-3-7(10(17)18)4-14-5-8/h3-5,9H,1-2,6H2,(H,17,18)(H2,15,16,19). The number of ether oxygens (including phenoxy) is 1. The molecule has 0 bridgehead atoms. The molecule has 0 atom stereocenters. The minimum Gasteiger partial charge on any atom is -0.478 e. The second-order valence-corrected chi connectivity index (χ2v) is 3.61. The first-order valence-electron chi connectivity index (χ1n) is 5.58. The number of halogens is 2. The lowest BCUT2D eigenvalue weighted by molar-refractivity contribution is 0.0194. The van der Waals surface area contributed by atoms with E-state index in [4.69, 9.17) is 5.11 Å². The van der Waals surface area contributed by atoms with Crippen molar-refractivity contribution in [2.45, 2.75) is 6.43 Å². The van der Waals surface area contributed by atoms with Crippen molar-refractivity contribution in [2.24, 2.45) is 0 Å². The molecule has 7 nitrogen and oxygen atoms in total. The van der Waals surface area contributed by atoms with Crippen molar-refractivity contribution >= 4 is 17.7 Å². The van der Waals surface area contributed by atoms with Crippen molar-refractivity contribution in [1.29, 1.82) is 0 Å². The van der Waals surface area contributed by atoms with E-state index < -0.39 is 25.0 Å². The summed E-state index contributed by atoms with van der Waals surface area (Å²) in [6, 6.07) is 0.623. The number of aromatic nitrogens is 1. The van der Waals surface area contributed by atoms with Crippen LogP contribution in [0.25, 0.3) is 0 Å². The third kappa shape index (κ3) is 6.05. The first-order chi connectivity index (χ1) is 9.49. The van der Waals surface area contributed by atoms with Crippen LogP contribution in [0, 0.1) is 0 Å². The molecule has 1 heterocycles. The van der Waals surface area contributed by atoms with Crippen molar-refractivity contribution in [1.82, 2.24) is 10.3 Å². The van der Waals surface area contributed by atoms with Gasteiger partial charge in [0.25, 0.3) is 6.43 Å². The van der Waals surface area contributed by atoms with E-state index in [0.29, 0.717) is 0 Å². The van der Waals surface area contributed by atoms with Gasteiger partial charge in [0.1, 0.15) is 6.61 Å². The smallest absolute Gasteiger partial charge is 0.337 e. The highest BCUT2D eigenvalue weighted by Crippen LogP contribution is 2.07. The zero-order chi connectivity index (χ0) is 15.0. The number of rotatable bonds is 7. The van der Waals surface area contributed by atoms with Crippen molar-refractivity contribution in [2.75, 3.05) is 25.1 Å². The summed E-state index contributed by atoms with van der Waals surface area (Å²) in [5.41, 5.74) is 0.138. The molecule has 0 radical (unpaired) electrons. The fourth-order valence-corrected chi connectivity index (χ4v) is 1.21. The molecule has 9 heteroatoms. The molecule has 110 valence electrons. The van der Waals surface area contributed by atoms with Gasteiger partial charge < -0.3 is 20.5 Å². The minimum atomic E-state index is -2.55. The zero-order valence-electron chi connectivity index (χ0n) is 10.3. The molecule has 0 fully saturated rings. The summed E-state index contributed by atoms with van der Waals surface area (Å²) < 4.78 is 28.0. The Kier molecular flexibility index (Phi) is 6.30. The van der Waals surface area contributed by atoms with E-state index in [0.717, 1.165) is 6.20 Å². The van der Waals surface area contributed by atoms with Gasteiger partial charge in [-0.3, -0.25) is 4.98 Å². The van der Waals surface area contributed by atoms with Crippen LogP contribution in [0.4, 0.5) is 19.3 Å². The van der Waals surface area contributed by atoms with E-state index in [1.807, 2.05) is 0 Å². The average molecular weight is 289 g/mol. The van der Waals surface area contributed by atoms with Crippen LogP contribution in [0.1, 0.15) is 10.4 Å². The molecular formula is C11H13F2N3O4. The van der Waals surface area contributed by atoms with Gasteiger partial charge in [0.05, 0.1) is 24.1 Å². The van der Waals surface area contributed by atoms with Crippen LogP contribution in [0.5, 0.6) is 0 Å². The second kappa shape index (κ2) is 8.00. The van der Waals surface area contributed by atoms with Crippen LogP contribution in [0.2, 0.25) is 0 Å². The van der Waals surface area contributed by atoms with Crippen LogP contribution in [0.15, 0.2) is 18.5 Å². The van der Waals surface area contributed by atoms with E-state index in [-0.39, 0.29) is 24.4 Å². The molecular weight excluding hydrogens is 276 g/mol. The summed E-state index contributed by atoms with van der Waals surface area (Å²) >= 11 is 0. The number of carboxylic acid groups (broad SMARTS) is 1. The number of hydrogen-bond acceptors (Lipinski definition) is 4. The Hall–Kier alpha value is -2.29. The number of amides is 2. The van der Waals surface area contributed by atoms with Gasteiger partial charge in [-0.25, -0.2) is 18.4 Å². The number of alkyl halides is 2. The number of nitrogens with one attached hydrogen (secondary N) is 2. The fraction of sp³-hybridized carbons (Fsp3) is 0.364. The number of nitrogens with zero attached hydrogens (tertiary/aromatic N) is 1. The van der Waals surface area contributed by atoms with E-state index >= 15 is 0 Å². The Labute approximate surface area is 113 Å². The number of carbonyl (C=O) groups excluding carboxylic acids is 1. The summed E-state index contributed by atoms with van der Waals surface area (Å²) in [4.78, 5) is 25.7. The minimum absolute atomic E-state index is 0.0462. The molecule has 1 aromatic heterocycles. The first kappa shape index (κ1) is 15.8. The molecule has 3 N–H and O–H groups in total. The molecule has 1 aromatic rings. The third-order valence-electron chi connectivity index (χ3n) is 2.02. The Morgan fingerprint density at radius 2 is 2.15 bits per heavy atom. The number of carbonyl (C=O) groups is 2. The van der Waals surface area contributed by atoms with Gasteiger partial charge in [-0.2, -0.15) is 0 Å². The second-order valence-electron chi connectivity index (χ2n) is 3.61. The maximum absolute atomic E-state index is 11.7. The molecule has 1 rings (SSSR count). The molecule has 2 amide bonds. The largest absolute Gasteiger partial charge is 0.478 e. The van der Waals surface area contributed by atoms with Gasteiger partial charge in [-0.15, -0.1) is 0 Å². The average Bonchev–Trinajstić information content (AvgIpc) is 2.38. The van der Waals surface area contributed by atoms with Crippen molar-refractivity contribution < 1.29 is 28.2 Å². The Balaban J connectivity index is 2.32. The predicted octanol–water partition coefficient (Wildman–Crippen LogP) is 1.18. The quantitative estimate of drug-likeness (QED) is 0.654. The monoisotopic (exact) mass is 289 g/mol. The lowest BCUT2D eigenvalue weighted by Crippen LogP contribution is -2.32. The normalized spacial score (nSPS) is 10.3. The predicted molar refractivity (Wildman–Crippen MR) is 65.0 cm³/mol. The number of urea groups is 1. The summed E-state index contributed by atoms with van der Waals surface area (Å²) in [7, 11) is 0. The first-order valence-corrected chi connectivity index (χ1v) is 5.58. The fourth-order valence-electron chi connectivity index (χ4n) is 1.21. The van der Waals surface area contributed by atoms with Crippen LogP contribution < -0.4 is 10.6 Å². The lowest BCUT2D eigenvalue weighted by atomic mass is 10.3. The van der Waals surface area contributed by atoms with Crippen LogP contribution in [-0.2, 0) is 4.74 Å². The van der Waals surface area contributed by atoms with Gasteiger partial charge in [0.2, 0.25) is 0 Å². The highest BCUT2D eigenvalue weighted by atomic mass is 19.3. The Morgan fingerprint density at radius 3 is 2.80 bits per heavy atom.